The monoisotopic (exact) mass is 562 g/mol. The Hall–Kier alpha value is -4.18. The van der Waals surface area contributed by atoms with E-state index in [4.69, 9.17) is 14.2 Å². The fourth-order valence-electron chi connectivity index (χ4n) is 4.02. The van der Waals surface area contributed by atoms with Crippen LogP contribution in [0, 0.1) is 0 Å². The molecule has 3 aromatic rings. The normalized spacial score (nSPS) is 17.1. The van der Waals surface area contributed by atoms with Gasteiger partial charge >= 0.3 is 11.9 Å². The van der Waals surface area contributed by atoms with Crippen LogP contribution in [0.4, 0.5) is 4.79 Å². The molecule has 0 radical (unpaired) electrons. The maximum absolute atomic E-state index is 13.1. The molecule has 1 aliphatic rings. The van der Waals surface area contributed by atoms with Gasteiger partial charge in [-0.05, 0) is 48.0 Å². The Kier molecular flexibility index (Phi) is 9.55. The summed E-state index contributed by atoms with van der Waals surface area (Å²) in [5, 5.41) is 1.63. The van der Waals surface area contributed by atoms with Crippen molar-refractivity contribution >= 4 is 34.8 Å². The van der Waals surface area contributed by atoms with Crippen LogP contribution in [-0.4, -0.2) is 39.4 Å². The summed E-state index contributed by atoms with van der Waals surface area (Å²) in [6.45, 7) is 3.94. The minimum atomic E-state index is -1.70. The SMILES string of the molecule is CCC(=O)OC(C)c1ccc(CCOc2ccc(CC3(C(=O)OCc4ccccc4)SC(=O)NC3=O)cc2)nc1. The van der Waals surface area contributed by atoms with Gasteiger partial charge in [-0.25, -0.2) is 4.79 Å². The molecular weight excluding hydrogens is 532 g/mol. The molecular formula is C30H30N2O7S. The summed E-state index contributed by atoms with van der Waals surface area (Å²) >= 11 is 0.645. The van der Waals surface area contributed by atoms with E-state index in [0.29, 0.717) is 42.5 Å². The summed E-state index contributed by atoms with van der Waals surface area (Å²) in [6, 6.07) is 19.9. The maximum atomic E-state index is 13.1. The number of ether oxygens (including phenoxy) is 3. The summed E-state index contributed by atoms with van der Waals surface area (Å²) in [5.74, 6) is -1.09. The highest BCUT2D eigenvalue weighted by Crippen LogP contribution is 2.37. The number of nitrogens with one attached hydrogen (secondary N) is 1. The first-order valence-corrected chi connectivity index (χ1v) is 13.7. The number of carbonyl (C=O) groups is 4. The van der Waals surface area contributed by atoms with Crippen molar-refractivity contribution in [2.45, 2.75) is 50.6 Å². The Labute approximate surface area is 236 Å². The van der Waals surface area contributed by atoms with Gasteiger partial charge in [0.25, 0.3) is 11.1 Å². The minimum Gasteiger partial charge on any atom is -0.493 e. The summed E-state index contributed by atoms with van der Waals surface area (Å²) in [7, 11) is 0. The number of rotatable bonds is 12. The van der Waals surface area contributed by atoms with Crippen molar-refractivity contribution in [1.82, 2.24) is 10.3 Å². The third-order valence-corrected chi connectivity index (χ3v) is 7.44. The molecule has 0 spiro atoms. The Morgan fingerprint density at radius 3 is 2.38 bits per heavy atom. The first kappa shape index (κ1) is 28.8. The quantitative estimate of drug-likeness (QED) is 0.247. The van der Waals surface area contributed by atoms with E-state index in [1.807, 2.05) is 49.4 Å². The Bertz CT molecular complexity index is 1350. The van der Waals surface area contributed by atoms with Gasteiger partial charge in [0.1, 0.15) is 18.5 Å². The lowest BCUT2D eigenvalue weighted by molar-refractivity contribution is -0.151. The number of carbonyl (C=O) groups excluding carboxylic acids is 4. The van der Waals surface area contributed by atoms with Crippen molar-refractivity contribution in [2.24, 2.45) is 0 Å². The molecule has 2 unspecified atom stereocenters. The zero-order chi connectivity index (χ0) is 28.5. The largest absolute Gasteiger partial charge is 0.493 e. The van der Waals surface area contributed by atoms with Crippen molar-refractivity contribution < 1.29 is 33.4 Å². The number of esters is 2. The molecule has 2 atom stereocenters. The smallest absolute Gasteiger partial charge is 0.333 e. The molecule has 2 heterocycles. The predicted octanol–water partition coefficient (Wildman–Crippen LogP) is 4.73. The molecule has 1 N–H and O–H groups in total. The first-order valence-electron chi connectivity index (χ1n) is 12.9. The molecule has 0 aliphatic carbocycles. The van der Waals surface area contributed by atoms with E-state index >= 15 is 0 Å². The van der Waals surface area contributed by atoms with E-state index < -0.39 is 21.9 Å². The molecule has 0 saturated carbocycles. The molecule has 1 aliphatic heterocycles. The summed E-state index contributed by atoms with van der Waals surface area (Å²) in [5.41, 5.74) is 3.11. The van der Waals surface area contributed by atoms with Gasteiger partial charge in [-0.2, -0.15) is 0 Å². The lowest BCUT2D eigenvalue weighted by atomic mass is 9.97. The van der Waals surface area contributed by atoms with Crippen LogP contribution in [-0.2, 0) is 43.3 Å². The van der Waals surface area contributed by atoms with Gasteiger partial charge in [-0.15, -0.1) is 0 Å². The second-order valence-electron chi connectivity index (χ2n) is 9.22. The predicted molar refractivity (Wildman–Crippen MR) is 148 cm³/mol. The highest BCUT2D eigenvalue weighted by atomic mass is 32.2. The minimum absolute atomic E-state index is 0.000842. The molecule has 4 rings (SSSR count). The molecule has 1 fully saturated rings. The van der Waals surface area contributed by atoms with E-state index in [0.717, 1.165) is 16.8 Å². The number of thioether (sulfide) groups is 1. The van der Waals surface area contributed by atoms with Gasteiger partial charge in [-0.1, -0.05) is 55.5 Å². The number of benzene rings is 2. The van der Waals surface area contributed by atoms with Crippen LogP contribution in [0.5, 0.6) is 5.75 Å². The number of imide groups is 1. The molecule has 9 nitrogen and oxygen atoms in total. The molecule has 10 heteroatoms. The van der Waals surface area contributed by atoms with Crippen LogP contribution in [0.1, 0.15) is 48.8 Å². The van der Waals surface area contributed by atoms with Gasteiger partial charge in [0, 0.05) is 36.7 Å². The number of hydrogen-bond donors (Lipinski definition) is 1. The molecule has 40 heavy (non-hydrogen) atoms. The van der Waals surface area contributed by atoms with Gasteiger partial charge in [0.05, 0.1) is 6.61 Å². The van der Waals surface area contributed by atoms with E-state index in [9.17, 15) is 19.2 Å². The standard InChI is InChI=1S/C30H30N2O7S/c1-3-26(33)39-20(2)23-11-12-24(31-18-23)15-16-37-25-13-9-21(10-14-25)17-30(27(34)32-29(36)40-30)28(35)38-19-22-7-5-4-6-8-22/h4-14,18,20H,3,15-17,19H2,1-2H3,(H,32,34,36). The molecule has 1 saturated heterocycles. The zero-order valence-electron chi connectivity index (χ0n) is 22.3. The third kappa shape index (κ3) is 7.26. The van der Waals surface area contributed by atoms with E-state index in [2.05, 4.69) is 10.3 Å². The number of aromatic nitrogens is 1. The number of pyridine rings is 1. The van der Waals surface area contributed by atoms with Gasteiger partial charge < -0.3 is 14.2 Å². The fraction of sp³-hybridized carbons (Fsp3) is 0.300. The lowest BCUT2D eigenvalue weighted by Gasteiger charge is -2.22. The summed E-state index contributed by atoms with van der Waals surface area (Å²) in [6.07, 6.45) is 2.22. The van der Waals surface area contributed by atoms with Gasteiger partial charge in [-0.3, -0.25) is 24.7 Å². The second-order valence-corrected chi connectivity index (χ2v) is 10.5. The van der Waals surface area contributed by atoms with Crippen LogP contribution in [0.3, 0.4) is 0 Å². The molecule has 208 valence electrons. The van der Waals surface area contributed by atoms with Gasteiger partial charge in [0.15, 0.2) is 0 Å². The highest BCUT2D eigenvalue weighted by Gasteiger charge is 2.55. The molecule has 2 amide bonds. The Balaban J connectivity index is 1.32. The topological polar surface area (TPSA) is 121 Å². The van der Waals surface area contributed by atoms with Crippen molar-refractivity contribution in [1.29, 1.82) is 0 Å². The number of amides is 2. The third-order valence-electron chi connectivity index (χ3n) is 6.31. The van der Waals surface area contributed by atoms with E-state index in [1.54, 1.807) is 37.4 Å². The maximum Gasteiger partial charge on any atom is 0.333 e. The highest BCUT2D eigenvalue weighted by molar-refractivity contribution is 8.16. The Morgan fingerprint density at radius 2 is 1.75 bits per heavy atom. The van der Waals surface area contributed by atoms with Gasteiger partial charge in [0.2, 0.25) is 4.75 Å². The number of hydrogen-bond acceptors (Lipinski definition) is 9. The van der Waals surface area contributed by atoms with Crippen LogP contribution in [0.25, 0.3) is 0 Å². The van der Waals surface area contributed by atoms with Crippen molar-refractivity contribution in [2.75, 3.05) is 6.61 Å². The first-order chi connectivity index (χ1) is 19.3. The van der Waals surface area contributed by atoms with Crippen molar-refractivity contribution in [3.8, 4) is 5.75 Å². The molecule has 2 aromatic carbocycles. The van der Waals surface area contributed by atoms with Crippen molar-refractivity contribution in [3.05, 3.63) is 95.3 Å². The van der Waals surface area contributed by atoms with E-state index in [1.165, 1.54) is 0 Å². The molecule has 1 aromatic heterocycles. The van der Waals surface area contributed by atoms with Crippen molar-refractivity contribution in [3.63, 3.8) is 0 Å². The van der Waals surface area contributed by atoms with Crippen LogP contribution in [0.15, 0.2) is 72.9 Å². The molecule has 0 bridgehead atoms. The van der Waals surface area contributed by atoms with E-state index in [-0.39, 0.29) is 25.1 Å². The fourth-order valence-corrected chi connectivity index (χ4v) is 5.01. The average molecular weight is 563 g/mol. The lowest BCUT2D eigenvalue weighted by Crippen LogP contribution is -2.46. The second kappa shape index (κ2) is 13.3. The van der Waals surface area contributed by atoms with Crippen LogP contribution >= 0.6 is 11.8 Å². The zero-order valence-corrected chi connectivity index (χ0v) is 23.1. The Morgan fingerprint density at radius 1 is 1.00 bits per heavy atom. The van der Waals surface area contributed by atoms with Crippen LogP contribution in [0.2, 0.25) is 0 Å². The summed E-state index contributed by atoms with van der Waals surface area (Å²) < 4.78 is 14.9. The van der Waals surface area contributed by atoms with Crippen LogP contribution < -0.4 is 10.1 Å². The average Bonchev–Trinajstić information content (AvgIpc) is 3.26. The summed E-state index contributed by atoms with van der Waals surface area (Å²) in [4.78, 5) is 53.7. The number of nitrogens with zero attached hydrogens (tertiary/aromatic N) is 1.